The summed E-state index contributed by atoms with van der Waals surface area (Å²) in [6, 6.07) is -0.379. The molecule has 0 bridgehead atoms. The molecule has 0 amide bonds. The van der Waals surface area contributed by atoms with Crippen molar-refractivity contribution >= 4 is 11.9 Å². The molecule has 15 heavy (non-hydrogen) atoms. The number of hydroxylamine groups is 1. The number of nitrogens with zero attached hydrogens (tertiary/aromatic N) is 2. The Bertz CT molecular complexity index is 297. The highest BCUT2D eigenvalue weighted by molar-refractivity contribution is 5.89. The van der Waals surface area contributed by atoms with Crippen molar-refractivity contribution in [1.29, 1.82) is 0 Å². The maximum Gasteiger partial charge on any atom is 0.216 e. The first-order chi connectivity index (χ1) is 7.19. The van der Waals surface area contributed by atoms with Crippen LogP contribution in [0.15, 0.2) is 17.5 Å². The van der Waals surface area contributed by atoms with Gasteiger partial charge in [-0.25, -0.2) is 0 Å². The summed E-state index contributed by atoms with van der Waals surface area (Å²) in [7, 11) is 1.45. The van der Waals surface area contributed by atoms with E-state index in [2.05, 4.69) is 11.7 Å². The number of methoxy groups -OCH3 is 1. The van der Waals surface area contributed by atoms with Gasteiger partial charge in [0, 0.05) is 6.42 Å². The van der Waals surface area contributed by atoms with E-state index in [1.807, 2.05) is 0 Å². The van der Waals surface area contributed by atoms with E-state index in [9.17, 15) is 5.21 Å². The summed E-state index contributed by atoms with van der Waals surface area (Å²) in [5, 5.41) is 23.6. The number of oxime groups is 1. The molecule has 1 unspecified atom stereocenters. The van der Waals surface area contributed by atoms with Gasteiger partial charge in [-0.2, -0.15) is 4.74 Å². The first-order valence-corrected chi connectivity index (χ1v) is 4.93. The van der Waals surface area contributed by atoms with Crippen molar-refractivity contribution < 1.29 is 14.7 Å². The quantitative estimate of drug-likeness (QED) is 0.192. The molecule has 1 saturated carbocycles. The van der Waals surface area contributed by atoms with Gasteiger partial charge >= 0.3 is 0 Å². The molecular formula is C10H16N2O3. The van der Waals surface area contributed by atoms with E-state index in [1.165, 1.54) is 13.3 Å². The summed E-state index contributed by atoms with van der Waals surface area (Å²) < 4.78 is 5.54. The van der Waals surface area contributed by atoms with Gasteiger partial charge in [0.2, 0.25) is 12.3 Å². The lowest BCUT2D eigenvalue weighted by Crippen LogP contribution is -2.34. The zero-order chi connectivity index (χ0) is 11.3. The Labute approximate surface area is 88.9 Å². The second kappa shape index (κ2) is 5.38. The van der Waals surface area contributed by atoms with Gasteiger partial charge in [-0.3, -0.25) is 0 Å². The molecule has 0 aromatic rings. The predicted octanol–water partition coefficient (Wildman–Crippen LogP) is 1.50. The summed E-state index contributed by atoms with van der Waals surface area (Å²) in [6.07, 6.45) is 4.59. The molecule has 0 saturated heterocycles. The minimum Gasteiger partial charge on any atom is -0.623 e. The Balaban J connectivity index is 2.76. The average Bonchev–Trinajstić information content (AvgIpc) is 2.28. The SMILES string of the molecule is C=C(C=[N+]([O-])C1CCCCC1=NO)OC. The molecular weight excluding hydrogens is 196 g/mol. The fourth-order valence-electron chi connectivity index (χ4n) is 1.65. The van der Waals surface area contributed by atoms with E-state index in [4.69, 9.17) is 9.94 Å². The molecule has 0 spiro atoms. The van der Waals surface area contributed by atoms with Crippen molar-refractivity contribution in [3.05, 3.63) is 17.5 Å². The predicted molar refractivity (Wildman–Crippen MR) is 57.3 cm³/mol. The molecule has 1 fully saturated rings. The maximum absolute atomic E-state index is 11.7. The summed E-state index contributed by atoms with van der Waals surface area (Å²) in [4.78, 5) is 0. The zero-order valence-corrected chi connectivity index (χ0v) is 8.85. The number of ether oxygens (including phenoxy) is 1. The van der Waals surface area contributed by atoms with Crippen LogP contribution in [0.1, 0.15) is 25.7 Å². The number of hydrogen-bond acceptors (Lipinski definition) is 4. The highest BCUT2D eigenvalue weighted by Crippen LogP contribution is 2.18. The molecule has 1 N–H and O–H groups in total. The number of allylic oxidation sites excluding steroid dienone is 1. The molecule has 1 rings (SSSR count). The summed E-state index contributed by atoms with van der Waals surface area (Å²) in [5.41, 5.74) is 0.538. The fraction of sp³-hybridized carbons (Fsp3) is 0.600. The lowest BCUT2D eigenvalue weighted by molar-refractivity contribution is -0.479. The van der Waals surface area contributed by atoms with Crippen LogP contribution >= 0.6 is 0 Å². The number of hydrogen-bond donors (Lipinski definition) is 1. The minimum atomic E-state index is -0.379. The van der Waals surface area contributed by atoms with Gasteiger partial charge in [0.1, 0.15) is 5.71 Å². The highest BCUT2D eigenvalue weighted by Gasteiger charge is 2.27. The Hall–Kier alpha value is -1.52. The van der Waals surface area contributed by atoms with Gasteiger partial charge < -0.3 is 15.2 Å². The Morgan fingerprint density at radius 2 is 2.47 bits per heavy atom. The van der Waals surface area contributed by atoms with Crippen LogP contribution in [-0.4, -0.2) is 35.0 Å². The van der Waals surface area contributed by atoms with Crippen molar-refractivity contribution in [2.45, 2.75) is 31.7 Å². The van der Waals surface area contributed by atoms with Crippen LogP contribution in [0.25, 0.3) is 0 Å². The largest absolute Gasteiger partial charge is 0.623 e. The molecule has 0 aromatic carbocycles. The molecule has 1 aliphatic carbocycles. The van der Waals surface area contributed by atoms with Crippen molar-refractivity contribution in [2.24, 2.45) is 5.16 Å². The standard InChI is InChI=1S/C10H16N2O3/c1-8(15-2)7-12(14)10-6-4-3-5-9(10)11-13/h7,10,13H,1,3-6H2,2H3. The molecule has 0 heterocycles. The van der Waals surface area contributed by atoms with E-state index in [0.29, 0.717) is 24.3 Å². The van der Waals surface area contributed by atoms with Gasteiger partial charge in [-0.15, -0.1) is 0 Å². The van der Waals surface area contributed by atoms with Gasteiger partial charge in [-0.1, -0.05) is 11.7 Å². The van der Waals surface area contributed by atoms with Gasteiger partial charge in [0.15, 0.2) is 5.76 Å². The lowest BCUT2D eigenvalue weighted by atomic mass is 9.94. The van der Waals surface area contributed by atoms with Gasteiger partial charge in [-0.05, 0) is 19.3 Å². The first-order valence-electron chi connectivity index (χ1n) is 4.93. The summed E-state index contributed by atoms with van der Waals surface area (Å²) >= 11 is 0. The first kappa shape index (κ1) is 11.6. The average molecular weight is 212 g/mol. The van der Waals surface area contributed by atoms with Gasteiger partial charge in [0.05, 0.1) is 7.11 Å². The lowest BCUT2D eigenvalue weighted by Gasteiger charge is -2.21. The van der Waals surface area contributed by atoms with Crippen molar-refractivity contribution in [1.82, 2.24) is 0 Å². The van der Waals surface area contributed by atoms with Crippen molar-refractivity contribution in [3.8, 4) is 0 Å². The monoisotopic (exact) mass is 212 g/mol. The normalized spacial score (nSPS) is 25.3. The van der Waals surface area contributed by atoms with Crippen LogP contribution in [-0.2, 0) is 4.74 Å². The molecule has 1 atom stereocenters. The smallest absolute Gasteiger partial charge is 0.216 e. The van der Waals surface area contributed by atoms with E-state index < -0.39 is 0 Å². The molecule has 5 heteroatoms. The zero-order valence-electron chi connectivity index (χ0n) is 8.85. The second-order valence-electron chi connectivity index (χ2n) is 3.51. The van der Waals surface area contributed by atoms with Crippen LogP contribution in [0.5, 0.6) is 0 Å². The van der Waals surface area contributed by atoms with E-state index in [1.54, 1.807) is 0 Å². The molecule has 0 aliphatic heterocycles. The third-order valence-electron chi connectivity index (χ3n) is 2.51. The summed E-state index contributed by atoms with van der Waals surface area (Å²) in [5.74, 6) is 0.299. The van der Waals surface area contributed by atoms with Crippen LogP contribution in [0.2, 0.25) is 0 Å². The Morgan fingerprint density at radius 1 is 1.73 bits per heavy atom. The van der Waals surface area contributed by atoms with Crippen molar-refractivity contribution in [2.75, 3.05) is 7.11 Å². The third kappa shape index (κ3) is 2.97. The second-order valence-corrected chi connectivity index (χ2v) is 3.51. The Kier molecular flexibility index (Phi) is 4.15. The van der Waals surface area contributed by atoms with Crippen LogP contribution in [0, 0.1) is 5.21 Å². The Morgan fingerprint density at radius 3 is 3.07 bits per heavy atom. The molecule has 1 aliphatic rings. The highest BCUT2D eigenvalue weighted by atomic mass is 16.5. The fourth-order valence-corrected chi connectivity index (χ4v) is 1.65. The maximum atomic E-state index is 11.7. The topological polar surface area (TPSA) is 67.9 Å². The van der Waals surface area contributed by atoms with Crippen molar-refractivity contribution in [3.63, 3.8) is 0 Å². The van der Waals surface area contributed by atoms with E-state index in [-0.39, 0.29) is 6.04 Å². The molecule has 0 aromatic heterocycles. The van der Waals surface area contributed by atoms with E-state index >= 15 is 0 Å². The molecule has 5 nitrogen and oxygen atoms in total. The van der Waals surface area contributed by atoms with Crippen LogP contribution < -0.4 is 0 Å². The van der Waals surface area contributed by atoms with E-state index in [0.717, 1.165) is 17.6 Å². The van der Waals surface area contributed by atoms with Crippen LogP contribution in [0.4, 0.5) is 0 Å². The molecule has 84 valence electrons. The third-order valence-corrected chi connectivity index (χ3v) is 2.51. The minimum absolute atomic E-state index is 0.299. The molecule has 0 radical (unpaired) electrons. The van der Waals surface area contributed by atoms with Crippen LogP contribution in [0.3, 0.4) is 0 Å². The summed E-state index contributed by atoms with van der Waals surface area (Å²) in [6.45, 7) is 3.54. The number of rotatable bonds is 3. The van der Waals surface area contributed by atoms with Gasteiger partial charge in [0.25, 0.3) is 0 Å².